The van der Waals surface area contributed by atoms with Crippen molar-refractivity contribution in [3.8, 4) is 5.88 Å². The molecule has 0 aliphatic heterocycles. The summed E-state index contributed by atoms with van der Waals surface area (Å²) in [6.45, 7) is 5.59. The summed E-state index contributed by atoms with van der Waals surface area (Å²) >= 11 is 0. The minimum Gasteiger partial charge on any atom is -0.481 e. The number of carbonyl (C=O) groups is 1. The van der Waals surface area contributed by atoms with Crippen molar-refractivity contribution >= 4 is 5.91 Å². The first kappa shape index (κ1) is 13.5. The fourth-order valence-corrected chi connectivity index (χ4v) is 1.22. The first-order valence-corrected chi connectivity index (χ1v) is 5.44. The van der Waals surface area contributed by atoms with E-state index in [1.54, 1.807) is 13.1 Å². The molecule has 17 heavy (non-hydrogen) atoms. The van der Waals surface area contributed by atoms with Crippen molar-refractivity contribution in [2.45, 2.75) is 32.4 Å². The Morgan fingerprint density at radius 3 is 2.65 bits per heavy atom. The molecular formula is C11H20N4O2. The fourth-order valence-electron chi connectivity index (χ4n) is 1.22. The Kier molecular flexibility index (Phi) is 3.77. The van der Waals surface area contributed by atoms with Crippen LogP contribution in [0.25, 0.3) is 0 Å². The number of amides is 1. The molecule has 0 aliphatic rings. The molecule has 0 spiro atoms. The van der Waals surface area contributed by atoms with E-state index in [1.807, 2.05) is 20.8 Å². The van der Waals surface area contributed by atoms with Crippen LogP contribution in [0, 0.1) is 0 Å². The summed E-state index contributed by atoms with van der Waals surface area (Å²) in [6, 6.07) is 1.43. The zero-order chi connectivity index (χ0) is 13.2. The third-order valence-corrected chi connectivity index (χ3v) is 2.85. The number of aryl methyl sites for hydroxylation is 1. The summed E-state index contributed by atoms with van der Waals surface area (Å²) in [4.78, 5) is 11.9. The average molecular weight is 240 g/mol. The second kappa shape index (κ2) is 4.75. The van der Waals surface area contributed by atoms with Gasteiger partial charge in [0.05, 0.1) is 7.11 Å². The highest BCUT2D eigenvalue weighted by Gasteiger charge is 2.26. The van der Waals surface area contributed by atoms with Gasteiger partial charge in [-0.25, -0.2) is 4.68 Å². The van der Waals surface area contributed by atoms with Crippen LogP contribution < -0.4 is 15.8 Å². The molecule has 96 valence electrons. The number of hydrogen-bond acceptors (Lipinski definition) is 4. The van der Waals surface area contributed by atoms with Gasteiger partial charge in [0.25, 0.3) is 5.91 Å². The lowest BCUT2D eigenvalue weighted by atomic mass is 9.97. The monoisotopic (exact) mass is 240 g/mol. The molecule has 0 aliphatic carbocycles. The first-order chi connectivity index (χ1) is 7.77. The van der Waals surface area contributed by atoms with Gasteiger partial charge in [0.15, 0.2) is 5.69 Å². The van der Waals surface area contributed by atoms with Crippen LogP contribution >= 0.6 is 0 Å². The van der Waals surface area contributed by atoms with Crippen LogP contribution in [0.4, 0.5) is 0 Å². The maximum atomic E-state index is 11.9. The lowest BCUT2D eigenvalue weighted by Crippen LogP contribution is -2.54. The Morgan fingerprint density at radius 2 is 2.24 bits per heavy atom. The SMILES string of the molecule is COc1cc(C(=O)NC(C)(C)C(C)N)nn1C. The highest BCUT2D eigenvalue weighted by atomic mass is 16.5. The van der Waals surface area contributed by atoms with Crippen molar-refractivity contribution in [1.82, 2.24) is 15.1 Å². The van der Waals surface area contributed by atoms with Crippen LogP contribution in [0.15, 0.2) is 6.07 Å². The zero-order valence-electron chi connectivity index (χ0n) is 10.9. The predicted molar refractivity (Wildman–Crippen MR) is 65.0 cm³/mol. The van der Waals surface area contributed by atoms with Crippen molar-refractivity contribution in [1.29, 1.82) is 0 Å². The standard InChI is InChI=1S/C11H20N4O2/c1-7(12)11(2,3)13-10(16)8-6-9(17-5)15(4)14-8/h6-7H,12H2,1-5H3,(H,13,16). The lowest BCUT2D eigenvalue weighted by molar-refractivity contribution is 0.0897. The molecule has 0 bridgehead atoms. The smallest absolute Gasteiger partial charge is 0.272 e. The van der Waals surface area contributed by atoms with Gasteiger partial charge in [-0.2, -0.15) is 5.10 Å². The van der Waals surface area contributed by atoms with E-state index in [4.69, 9.17) is 10.5 Å². The second-order valence-electron chi connectivity index (χ2n) is 4.66. The number of nitrogens with zero attached hydrogens (tertiary/aromatic N) is 2. The normalized spacial score (nSPS) is 13.3. The molecule has 1 aromatic heterocycles. The predicted octanol–water partition coefficient (Wildman–Crippen LogP) is 0.284. The minimum atomic E-state index is -0.484. The highest BCUT2D eigenvalue weighted by molar-refractivity contribution is 5.93. The maximum Gasteiger partial charge on any atom is 0.272 e. The molecule has 6 nitrogen and oxygen atoms in total. The number of ether oxygens (including phenoxy) is 1. The van der Waals surface area contributed by atoms with Gasteiger partial charge in [0, 0.05) is 24.7 Å². The van der Waals surface area contributed by atoms with Crippen LogP contribution in [0.2, 0.25) is 0 Å². The van der Waals surface area contributed by atoms with Gasteiger partial charge in [-0.05, 0) is 20.8 Å². The van der Waals surface area contributed by atoms with Crippen LogP contribution in [0.3, 0.4) is 0 Å². The van der Waals surface area contributed by atoms with E-state index in [0.29, 0.717) is 11.6 Å². The van der Waals surface area contributed by atoms with Crippen LogP contribution in [-0.4, -0.2) is 34.4 Å². The van der Waals surface area contributed by atoms with Gasteiger partial charge in [-0.3, -0.25) is 4.79 Å². The molecule has 1 rings (SSSR count). The Balaban J connectivity index is 2.83. The van der Waals surface area contributed by atoms with Gasteiger partial charge in [-0.1, -0.05) is 0 Å². The topological polar surface area (TPSA) is 82.2 Å². The summed E-state index contributed by atoms with van der Waals surface area (Å²) in [5, 5.41) is 6.91. The third kappa shape index (κ3) is 2.97. The summed E-state index contributed by atoms with van der Waals surface area (Å²) in [5.74, 6) is 0.278. The largest absolute Gasteiger partial charge is 0.481 e. The van der Waals surface area contributed by atoms with Crippen molar-refractivity contribution < 1.29 is 9.53 Å². The molecular weight excluding hydrogens is 220 g/mol. The van der Waals surface area contributed by atoms with E-state index in [2.05, 4.69) is 10.4 Å². The number of nitrogens with one attached hydrogen (secondary N) is 1. The van der Waals surface area contributed by atoms with E-state index < -0.39 is 5.54 Å². The first-order valence-electron chi connectivity index (χ1n) is 5.44. The van der Waals surface area contributed by atoms with E-state index in [1.165, 1.54) is 11.8 Å². The second-order valence-corrected chi connectivity index (χ2v) is 4.66. The summed E-state index contributed by atoms with van der Waals surface area (Å²) in [6.07, 6.45) is 0. The Morgan fingerprint density at radius 1 is 1.65 bits per heavy atom. The molecule has 0 saturated heterocycles. The minimum absolute atomic E-state index is 0.156. The Hall–Kier alpha value is -1.56. The van der Waals surface area contributed by atoms with Crippen molar-refractivity contribution in [2.75, 3.05) is 7.11 Å². The van der Waals surface area contributed by atoms with Crippen molar-refractivity contribution in [2.24, 2.45) is 12.8 Å². The summed E-state index contributed by atoms with van der Waals surface area (Å²) in [5.41, 5.74) is 5.63. The molecule has 0 fully saturated rings. The Bertz CT molecular complexity index is 410. The molecule has 0 saturated carbocycles. The molecule has 1 atom stereocenters. The van der Waals surface area contributed by atoms with Gasteiger partial charge >= 0.3 is 0 Å². The molecule has 0 radical (unpaired) electrons. The van der Waals surface area contributed by atoms with Gasteiger partial charge < -0.3 is 15.8 Å². The van der Waals surface area contributed by atoms with Crippen molar-refractivity contribution in [3.63, 3.8) is 0 Å². The number of nitrogens with two attached hydrogens (primary N) is 1. The summed E-state index contributed by atoms with van der Waals surface area (Å²) in [7, 11) is 3.25. The molecule has 1 amide bonds. The van der Waals surface area contributed by atoms with Crippen LogP contribution in [0.1, 0.15) is 31.3 Å². The lowest BCUT2D eigenvalue weighted by Gasteiger charge is -2.29. The quantitative estimate of drug-likeness (QED) is 0.792. The number of carbonyl (C=O) groups excluding carboxylic acids is 1. The number of methoxy groups -OCH3 is 1. The van der Waals surface area contributed by atoms with Gasteiger partial charge in [0.2, 0.25) is 5.88 Å². The number of rotatable bonds is 4. The molecule has 1 aromatic rings. The molecule has 6 heteroatoms. The van der Waals surface area contributed by atoms with E-state index in [0.717, 1.165) is 0 Å². The van der Waals surface area contributed by atoms with E-state index >= 15 is 0 Å². The maximum absolute atomic E-state index is 11.9. The molecule has 1 unspecified atom stereocenters. The number of hydrogen-bond donors (Lipinski definition) is 2. The van der Waals surface area contributed by atoms with Gasteiger partial charge in [0.1, 0.15) is 0 Å². The molecule has 1 heterocycles. The van der Waals surface area contributed by atoms with Crippen LogP contribution in [-0.2, 0) is 7.05 Å². The van der Waals surface area contributed by atoms with Gasteiger partial charge in [-0.15, -0.1) is 0 Å². The highest BCUT2D eigenvalue weighted by Crippen LogP contribution is 2.13. The average Bonchev–Trinajstić information content (AvgIpc) is 2.58. The molecule has 0 aromatic carbocycles. The van der Waals surface area contributed by atoms with Crippen molar-refractivity contribution in [3.05, 3.63) is 11.8 Å². The fraction of sp³-hybridized carbons (Fsp3) is 0.636. The Labute approximate surface area is 101 Å². The summed E-state index contributed by atoms with van der Waals surface area (Å²) < 4.78 is 6.56. The zero-order valence-corrected chi connectivity index (χ0v) is 10.9. The van der Waals surface area contributed by atoms with Crippen LogP contribution in [0.5, 0.6) is 5.88 Å². The molecule has 3 N–H and O–H groups in total. The van der Waals surface area contributed by atoms with E-state index in [9.17, 15) is 4.79 Å². The number of aromatic nitrogens is 2. The third-order valence-electron chi connectivity index (χ3n) is 2.85. The van der Waals surface area contributed by atoms with E-state index in [-0.39, 0.29) is 11.9 Å².